The molecule has 5 nitrogen and oxygen atoms in total. The Morgan fingerprint density at radius 3 is 2.61 bits per heavy atom. The highest BCUT2D eigenvalue weighted by molar-refractivity contribution is 6.33. The van der Waals surface area contributed by atoms with Gasteiger partial charge in [-0.15, -0.1) is 0 Å². The molecule has 144 valence electrons. The highest BCUT2D eigenvalue weighted by Gasteiger charge is 2.37. The van der Waals surface area contributed by atoms with E-state index in [1.807, 2.05) is 0 Å². The summed E-state index contributed by atoms with van der Waals surface area (Å²) in [6, 6.07) is 11.5. The van der Waals surface area contributed by atoms with Crippen molar-refractivity contribution in [2.24, 2.45) is 0 Å². The summed E-state index contributed by atoms with van der Waals surface area (Å²) >= 11 is 6.05. The van der Waals surface area contributed by atoms with Gasteiger partial charge in [0.15, 0.2) is 0 Å². The number of hydrogen-bond acceptors (Lipinski definition) is 4. The van der Waals surface area contributed by atoms with Gasteiger partial charge >= 0.3 is 6.18 Å². The molecule has 0 bridgehead atoms. The number of hydrogen-bond donors (Lipinski definition) is 0. The summed E-state index contributed by atoms with van der Waals surface area (Å²) < 4.78 is 43.8. The van der Waals surface area contributed by atoms with Crippen molar-refractivity contribution < 1.29 is 22.5 Å². The molecule has 1 aromatic heterocycles. The first kappa shape index (κ1) is 18.5. The molecule has 0 saturated carbocycles. The van der Waals surface area contributed by atoms with E-state index >= 15 is 0 Å². The Labute approximate surface area is 162 Å². The Bertz CT molecular complexity index is 1030. The molecule has 0 aliphatic carbocycles. The third-order valence-corrected chi connectivity index (χ3v) is 4.84. The summed E-state index contributed by atoms with van der Waals surface area (Å²) in [7, 11) is 0. The van der Waals surface area contributed by atoms with Crippen LogP contribution in [0.15, 0.2) is 53.1 Å². The highest BCUT2D eigenvalue weighted by Crippen LogP contribution is 2.33. The average Bonchev–Trinajstić information content (AvgIpc) is 3.10. The average molecular weight is 408 g/mol. The molecule has 3 aromatic rings. The number of carbonyl (C=O) groups is 1. The van der Waals surface area contributed by atoms with Gasteiger partial charge in [0.1, 0.15) is 0 Å². The molecule has 0 N–H and O–H groups in total. The number of rotatable bonds is 3. The first-order chi connectivity index (χ1) is 13.3. The number of halogens is 4. The van der Waals surface area contributed by atoms with Gasteiger partial charge in [-0.3, -0.25) is 4.79 Å². The van der Waals surface area contributed by atoms with Crippen LogP contribution in [0, 0.1) is 0 Å². The zero-order valence-electron chi connectivity index (χ0n) is 14.3. The van der Waals surface area contributed by atoms with Crippen LogP contribution in [0.25, 0.3) is 11.4 Å². The van der Waals surface area contributed by atoms with Crippen molar-refractivity contribution in [1.82, 2.24) is 15.0 Å². The molecule has 1 fully saturated rings. The van der Waals surface area contributed by atoms with E-state index in [1.54, 1.807) is 29.2 Å². The maximum atomic E-state index is 12.9. The van der Waals surface area contributed by atoms with Crippen molar-refractivity contribution in [2.75, 3.05) is 13.1 Å². The van der Waals surface area contributed by atoms with E-state index in [2.05, 4.69) is 10.1 Å². The van der Waals surface area contributed by atoms with Crippen LogP contribution in [-0.2, 0) is 6.18 Å². The summed E-state index contributed by atoms with van der Waals surface area (Å²) in [6.07, 6.45) is -4.45. The Balaban J connectivity index is 1.46. The van der Waals surface area contributed by atoms with E-state index in [0.717, 1.165) is 12.1 Å². The maximum Gasteiger partial charge on any atom is 0.416 e. The highest BCUT2D eigenvalue weighted by atomic mass is 35.5. The second kappa shape index (κ2) is 6.94. The van der Waals surface area contributed by atoms with Gasteiger partial charge in [0.2, 0.25) is 11.7 Å². The van der Waals surface area contributed by atoms with Crippen molar-refractivity contribution in [2.45, 2.75) is 12.1 Å². The number of alkyl halides is 3. The Hall–Kier alpha value is -2.87. The molecule has 1 amide bonds. The van der Waals surface area contributed by atoms with E-state index in [-0.39, 0.29) is 29.1 Å². The minimum atomic E-state index is -4.45. The van der Waals surface area contributed by atoms with Crippen LogP contribution in [0.2, 0.25) is 5.02 Å². The third kappa shape index (κ3) is 3.47. The molecule has 0 atom stereocenters. The summed E-state index contributed by atoms with van der Waals surface area (Å²) in [5.41, 5.74) is -0.151. The van der Waals surface area contributed by atoms with Crippen LogP contribution in [0.4, 0.5) is 13.2 Å². The molecule has 2 aromatic carbocycles. The molecule has 1 saturated heterocycles. The molecule has 28 heavy (non-hydrogen) atoms. The lowest BCUT2D eigenvalue weighted by Gasteiger charge is -2.37. The van der Waals surface area contributed by atoms with Gasteiger partial charge in [-0.2, -0.15) is 18.2 Å². The number of nitrogens with zero attached hydrogens (tertiary/aromatic N) is 3. The lowest BCUT2D eigenvalue weighted by atomic mass is 9.98. The predicted molar refractivity (Wildman–Crippen MR) is 94.8 cm³/mol. The van der Waals surface area contributed by atoms with E-state index in [1.165, 1.54) is 12.1 Å². The zero-order valence-corrected chi connectivity index (χ0v) is 15.0. The van der Waals surface area contributed by atoms with E-state index in [4.69, 9.17) is 16.1 Å². The topological polar surface area (TPSA) is 59.2 Å². The minimum Gasteiger partial charge on any atom is -0.339 e. The first-order valence-corrected chi connectivity index (χ1v) is 8.76. The standard InChI is InChI=1S/C19H13ClF3N3O2/c20-15-7-2-1-6-14(15)18(27)26-9-12(10-26)17-24-16(25-28-17)11-4-3-5-13(8-11)19(21,22)23/h1-8,12H,9-10H2. The summed E-state index contributed by atoms with van der Waals surface area (Å²) in [5.74, 6) is 0.00514. The number of amides is 1. The minimum absolute atomic E-state index is 0.0805. The normalized spacial score (nSPS) is 14.8. The molecule has 2 heterocycles. The summed E-state index contributed by atoms with van der Waals surface area (Å²) in [5, 5.41) is 4.15. The van der Waals surface area contributed by atoms with Crippen LogP contribution in [0.5, 0.6) is 0 Å². The fourth-order valence-corrected chi connectivity index (χ4v) is 3.18. The quantitative estimate of drug-likeness (QED) is 0.634. The Morgan fingerprint density at radius 1 is 1.14 bits per heavy atom. The van der Waals surface area contributed by atoms with Gasteiger partial charge in [0.05, 0.1) is 22.1 Å². The molecular weight excluding hydrogens is 395 g/mol. The van der Waals surface area contributed by atoms with Crippen LogP contribution in [0.3, 0.4) is 0 Å². The lowest BCUT2D eigenvalue weighted by molar-refractivity contribution is -0.137. The molecule has 4 rings (SSSR count). The number of aromatic nitrogens is 2. The van der Waals surface area contributed by atoms with Crippen LogP contribution in [0.1, 0.15) is 27.7 Å². The number of benzene rings is 2. The first-order valence-electron chi connectivity index (χ1n) is 8.38. The molecule has 9 heteroatoms. The summed E-state index contributed by atoms with van der Waals surface area (Å²) in [6.45, 7) is 0.739. The van der Waals surface area contributed by atoms with E-state index in [9.17, 15) is 18.0 Å². The number of carbonyl (C=O) groups excluding carboxylic acids is 1. The van der Waals surface area contributed by atoms with Gasteiger partial charge in [-0.05, 0) is 24.3 Å². The SMILES string of the molecule is O=C(c1ccccc1Cl)N1CC(c2nc(-c3cccc(C(F)(F)F)c3)no2)C1. The van der Waals surface area contributed by atoms with Crippen molar-refractivity contribution in [3.63, 3.8) is 0 Å². The van der Waals surface area contributed by atoms with Gasteiger partial charge in [0, 0.05) is 18.7 Å². The van der Waals surface area contributed by atoms with Gasteiger partial charge in [0.25, 0.3) is 5.91 Å². The Kier molecular flexibility index (Phi) is 4.58. The van der Waals surface area contributed by atoms with Crippen molar-refractivity contribution in [3.8, 4) is 11.4 Å². The molecule has 1 aliphatic rings. The van der Waals surface area contributed by atoms with Gasteiger partial charge in [-0.25, -0.2) is 0 Å². The van der Waals surface area contributed by atoms with Crippen molar-refractivity contribution in [3.05, 3.63) is 70.6 Å². The van der Waals surface area contributed by atoms with Gasteiger partial charge < -0.3 is 9.42 Å². The van der Waals surface area contributed by atoms with E-state index < -0.39 is 11.7 Å². The predicted octanol–water partition coefficient (Wildman–Crippen LogP) is 4.65. The number of likely N-dealkylation sites (tertiary alicyclic amines) is 1. The molecule has 0 radical (unpaired) electrons. The third-order valence-electron chi connectivity index (χ3n) is 4.51. The second-order valence-electron chi connectivity index (χ2n) is 6.42. The maximum absolute atomic E-state index is 12.9. The monoisotopic (exact) mass is 407 g/mol. The fourth-order valence-electron chi connectivity index (χ4n) is 2.96. The molecule has 1 aliphatic heterocycles. The van der Waals surface area contributed by atoms with Crippen molar-refractivity contribution >= 4 is 17.5 Å². The van der Waals surface area contributed by atoms with Crippen LogP contribution >= 0.6 is 11.6 Å². The van der Waals surface area contributed by atoms with E-state index in [0.29, 0.717) is 23.7 Å². The summed E-state index contributed by atoms with van der Waals surface area (Å²) in [4.78, 5) is 18.2. The molecular formula is C19H13ClF3N3O2. The smallest absolute Gasteiger partial charge is 0.339 e. The largest absolute Gasteiger partial charge is 0.416 e. The van der Waals surface area contributed by atoms with Gasteiger partial charge in [-0.1, -0.05) is 41.0 Å². The van der Waals surface area contributed by atoms with Crippen LogP contribution in [-0.4, -0.2) is 34.0 Å². The van der Waals surface area contributed by atoms with Crippen molar-refractivity contribution in [1.29, 1.82) is 0 Å². The zero-order chi connectivity index (χ0) is 19.9. The Morgan fingerprint density at radius 2 is 1.89 bits per heavy atom. The fraction of sp³-hybridized carbons (Fsp3) is 0.211. The van der Waals surface area contributed by atoms with Crippen LogP contribution < -0.4 is 0 Å². The lowest BCUT2D eigenvalue weighted by Crippen LogP contribution is -2.48. The molecule has 0 spiro atoms. The molecule has 0 unspecified atom stereocenters. The second-order valence-corrected chi connectivity index (χ2v) is 6.83.